The maximum atomic E-state index is 13.8. The predicted octanol–water partition coefficient (Wildman–Crippen LogP) is 3.49. The highest BCUT2D eigenvalue weighted by Gasteiger charge is 2.51. The molecule has 7 atom stereocenters. The van der Waals surface area contributed by atoms with E-state index in [1.165, 1.54) is 24.3 Å². The lowest BCUT2D eigenvalue weighted by Gasteiger charge is -2.39. The lowest BCUT2D eigenvalue weighted by Crippen LogP contribution is -2.54. The molecule has 4 rings (SSSR count). The number of benzene rings is 1. The van der Waals surface area contributed by atoms with E-state index < -0.39 is 40.0 Å². The quantitative estimate of drug-likeness (QED) is 0.440. The summed E-state index contributed by atoms with van der Waals surface area (Å²) in [5.74, 6) is -0.612. The lowest BCUT2D eigenvalue weighted by molar-refractivity contribution is -0.152. The highest BCUT2D eigenvalue weighted by Crippen LogP contribution is 2.37. The Morgan fingerprint density at radius 3 is 2.41 bits per heavy atom. The molecule has 2 saturated heterocycles. The molecule has 1 aromatic rings. The van der Waals surface area contributed by atoms with Gasteiger partial charge < -0.3 is 10.6 Å². The number of nitrogens with zero attached hydrogens (tertiary/aromatic N) is 2. The topological polar surface area (TPSA) is 109 Å². The number of hydrogen-bond donors (Lipinski definition) is 4. The van der Waals surface area contributed by atoms with E-state index in [1.807, 2.05) is 0 Å². The smallest absolute Gasteiger partial charge is 0.368 e. The summed E-state index contributed by atoms with van der Waals surface area (Å²) in [7, 11) is -1.91. The first-order valence-electron chi connectivity index (χ1n) is 12.7. The van der Waals surface area contributed by atoms with E-state index in [9.17, 15) is 27.4 Å². The highest BCUT2D eigenvalue weighted by atomic mass is 32.2. The third-order valence-corrected chi connectivity index (χ3v) is 8.95. The van der Waals surface area contributed by atoms with Crippen LogP contribution in [0.3, 0.4) is 0 Å². The normalized spacial score (nSPS) is 30.6. The van der Waals surface area contributed by atoms with E-state index in [-0.39, 0.29) is 29.5 Å². The van der Waals surface area contributed by atoms with Crippen LogP contribution < -0.4 is 20.8 Å². The fourth-order valence-corrected chi connectivity index (χ4v) is 6.29. The van der Waals surface area contributed by atoms with Gasteiger partial charge in [-0.25, -0.2) is 19.4 Å². The average Bonchev–Trinajstić information content (AvgIpc) is 3.21. The molecule has 0 radical (unpaired) electrons. The summed E-state index contributed by atoms with van der Waals surface area (Å²) >= 11 is 0. The van der Waals surface area contributed by atoms with Crippen molar-refractivity contribution in [2.45, 2.75) is 88.1 Å². The standard InChI is InChI=1S/C25H35F3N6O2S/c1-24(2,3)37(36)33-21(25(26,27)28)15-8-10-17(11-9-15)31-22-20-19(12-13-30-23(20)35)34(32-22)18-7-5-4-6-16(18)14-29/h8-11,16,18-22,31-33H,4-7,12-13H2,1-3H3,(H,30,35)/t16-,18+,19?,20?,21+,22?,37-/m1/s1. The zero-order valence-corrected chi connectivity index (χ0v) is 22.1. The van der Waals surface area contributed by atoms with Crippen molar-refractivity contribution < 1.29 is 22.2 Å². The average molecular weight is 541 g/mol. The van der Waals surface area contributed by atoms with Crippen LogP contribution in [-0.2, 0) is 15.8 Å². The van der Waals surface area contributed by atoms with Crippen molar-refractivity contribution in [1.82, 2.24) is 20.5 Å². The van der Waals surface area contributed by atoms with Gasteiger partial charge in [-0.2, -0.15) is 18.4 Å². The van der Waals surface area contributed by atoms with E-state index in [4.69, 9.17) is 0 Å². The van der Waals surface area contributed by atoms with Gasteiger partial charge in [0.05, 0.1) is 33.6 Å². The Labute approximate surface area is 218 Å². The fourth-order valence-electron chi connectivity index (χ4n) is 5.46. The second-order valence-electron chi connectivity index (χ2n) is 11.0. The number of hydrogen-bond acceptors (Lipinski definition) is 6. The van der Waals surface area contributed by atoms with E-state index in [2.05, 4.69) is 31.9 Å². The number of piperidine rings is 1. The molecule has 1 aromatic carbocycles. The van der Waals surface area contributed by atoms with Crippen molar-refractivity contribution in [1.29, 1.82) is 5.26 Å². The first kappa shape index (κ1) is 27.8. The molecular formula is C25H35F3N6O2S. The van der Waals surface area contributed by atoms with E-state index in [0.29, 0.717) is 12.2 Å². The minimum absolute atomic E-state index is 0.00799. The molecule has 3 unspecified atom stereocenters. The molecule has 1 saturated carbocycles. The number of carbonyl (C=O) groups excluding carboxylic acids is 1. The Bertz CT molecular complexity index is 1040. The van der Waals surface area contributed by atoms with Crippen LogP contribution in [0.15, 0.2) is 24.3 Å². The van der Waals surface area contributed by atoms with Gasteiger partial charge in [-0.3, -0.25) is 4.79 Å². The molecule has 0 aromatic heterocycles. The first-order valence-corrected chi connectivity index (χ1v) is 13.9. The molecule has 2 heterocycles. The number of nitrogens with one attached hydrogen (secondary N) is 4. The van der Waals surface area contributed by atoms with Crippen LogP contribution >= 0.6 is 0 Å². The van der Waals surface area contributed by atoms with Crippen LogP contribution in [-0.4, -0.2) is 50.8 Å². The number of anilines is 1. The monoisotopic (exact) mass is 540 g/mol. The minimum Gasteiger partial charge on any atom is -0.368 e. The number of alkyl halides is 3. The van der Waals surface area contributed by atoms with Crippen LogP contribution in [0.5, 0.6) is 0 Å². The summed E-state index contributed by atoms with van der Waals surface area (Å²) in [5.41, 5.74) is 3.93. The zero-order chi connectivity index (χ0) is 27.0. The van der Waals surface area contributed by atoms with Crippen LogP contribution in [0, 0.1) is 23.2 Å². The van der Waals surface area contributed by atoms with E-state index >= 15 is 0 Å². The minimum atomic E-state index is -4.63. The Balaban J connectivity index is 1.52. The molecule has 204 valence electrons. The van der Waals surface area contributed by atoms with Gasteiger partial charge in [0.25, 0.3) is 0 Å². The summed E-state index contributed by atoms with van der Waals surface area (Å²) < 4.78 is 55.1. The number of nitriles is 1. The van der Waals surface area contributed by atoms with Crippen molar-refractivity contribution in [3.8, 4) is 6.07 Å². The maximum absolute atomic E-state index is 13.8. The third-order valence-electron chi connectivity index (χ3n) is 7.39. The molecule has 0 spiro atoms. The Hall–Kier alpha value is -2.20. The molecule has 4 N–H and O–H groups in total. The van der Waals surface area contributed by atoms with Crippen LogP contribution in [0.1, 0.15) is 64.5 Å². The van der Waals surface area contributed by atoms with Gasteiger partial charge in [-0.15, -0.1) is 0 Å². The summed E-state index contributed by atoms with van der Waals surface area (Å²) in [6.07, 6.45) is -0.605. The summed E-state index contributed by atoms with van der Waals surface area (Å²) in [5, 5.41) is 18.0. The Kier molecular flexibility index (Phi) is 8.19. The lowest BCUT2D eigenvalue weighted by atomic mass is 9.83. The molecular weight excluding hydrogens is 505 g/mol. The predicted molar refractivity (Wildman–Crippen MR) is 135 cm³/mol. The molecule has 8 nitrogen and oxygen atoms in total. The second kappa shape index (κ2) is 10.9. The van der Waals surface area contributed by atoms with Gasteiger partial charge in [-0.1, -0.05) is 25.0 Å². The highest BCUT2D eigenvalue weighted by molar-refractivity contribution is 7.84. The number of halogens is 3. The van der Waals surface area contributed by atoms with Gasteiger partial charge in [0.15, 0.2) is 0 Å². The van der Waals surface area contributed by atoms with Gasteiger partial charge >= 0.3 is 6.18 Å². The first-order chi connectivity index (χ1) is 17.4. The molecule has 0 bridgehead atoms. The van der Waals surface area contributed by atoms with E-state index in [0.717, 1.165) is 32.1 Å². The van der Waals surface area contributed by atoms with Crippen molar-refractivity contribution in [3.05, 3.63) is 29.8 Å². The third kappa shape index (κ3) is 6.11. The van der Waals surface area contributed by atoms with Crippen molar-refractivity contribution in [2.75, 3.05) is 11.9 Å². The number of carbonyl (C=O) groups is 1. The summed E-state index contributed by atoms with van der Waals surface area (Å²) in [6, 6.07) is 6.06. The second-order valence-corrected chi connectivity index (χ2v) is 13.0. The van der Waals surface area contributed by atoms with Crippen molar-refractivity contribution >= 4 is 22.6 Å². The molecule has 3 aliphatic rings. The van der Waals surface area contributed by atoms with Gasteiger partial charge in [0.1, 0.15) is 12.2 Å². The molecule has 1 amide bonds. The molecule has 3 fully saturated rings. The largest absolute Gasteiger partial charge is 0.408 e. The summed E-state index contributed by atoms with van der Waals surface area (Å²) in [4.78, 5) is 12.8. The van der Waals surface area contributed by atoms with E-state index in [1.54, 1.807) is 20.8 Å². The zero-order valence-electron chi connectivity index (χ0n) is 21.3. The molecule has 1 aliphatic carbocycles. The number of fused-ring (bicyclic) bond motifs is 1. The molecule has 37 heavy (non-hydrogen) atoms. The van der Waals surface area contributed by atoms with Crippen LogP contribution in [0.4, 0.5) is 18.9 Å². The molecule has 2 aliphatic heterocycles. The van der Waals surface area contributed by atoms with Gasteiger partial charge in [-0.05, 0) is 57.7 Å². The maximum Gasteiger partial charge on any atom is 0.408 e. The Morgan fingerprint density at radius 1 is 1.11 bits per heavy atom. The van der Waals surface area contributed by atoms with Crippen LogP contribution in [0.25, 0.3) is 0 Å². The fraction of sp³-hybridized carbons (Fsp3) is 0.680. The SMILES string of the molecule is CC(C)(C)[S@@](=O)N[C@@H](c1ccc(NC2NN([C@H]3CCCC[C@@H]3C#N)C3CCNC(=O)C23)cc1)C(F)(F)F. The van der Waals surface area contributed by atoms with Gasteiger partial charge in [0.2, 0.25) is 5.91 Å². The van der Waals surface area contributed by atoms with Crippen molar-refractivity contribution in [2.24, 2.45) is 11.8 Å². The van der Waals surface area contributed by atoms with Crippen molar-refractivity contribution in [3.63, 3.8) is 0 Å². The number of amides is 1. The number of hydrazine groups is 1. The van der Waals surface area contributed by atoms with Crippen LogP contribution in [0.2, 0.25) is 0 Å². The Morgan fingerprint density at radius 2 is 1.78 bits per heavy atom. The number of rotatable bonds is 6. The molecule has 12 heteroatoms. The van der Waals surface area contributed by atoms with Gasteiger partial charge in [0, 0.05) is 24.3 Å². The summed E-state index contributed by atoms with van der Waals surface area (Å²) in [6.45, 7) is 5.38.